The Bertz CT molecular complexity index is 561. The average molecular weight is 289 g/mol. The third-order valence-corrected chi connectivity index (χ3v) is 3.55. The highest BCUT2D eigenvalue weighted by Crippen LogP contribution is 2.15. The van der Waals surface area contributed by atoms with Crippen LogP contribution in [0.15, 0.2) is 47.9 Å². The Hall–Kier alpha value is -2.11. The molecule has 2 rings (SSSR count). The molecule has 0 saturated heterocycles. The van der Waals surface area contributed by atoms with Crippen molar-refractivity contribution in [1.29, 1.82) is 0 Å². The Labute approximate surface area is 121 Å². The summed E-state index contributed by atoms with van der Waals surface area (Å²) in [6, 6.07) is 11.5. The molecular weight excluding hydrogens is 274 g/mol. The molecule has 1 heterocycles. The van der Waals surface area contributed by atoms with Crippen molar-refractivity contribution in [3.63, 3.8) is 0 Å². The number of carbonyl (C=O) groups is 1. The highest BCUT2D eigenvalue weighted by Gasteiger charge is 1.97. The number of rotatable bonds is 6. The quantitative estimate of drug-likeness (QED) is 0.488. The van der Waals surface area contributed by atoms with Gasteiger partial charge in [0.05, 0.1) is 6.61 Å². The summed E-state index contributed by atoms with van der Waals surface area (Å²) in [6.45, 7) is 0.641. The van der Waals surface area contributed by atoms with Gasteiger partial charge in [-0.25, -0.2) is 5.48 Å². The van der Waals surface area contributed by atoms with Gasteiger partial charge in [0.1, 0.15) is 5.75 Å². The topological polar surface area (TPSA) is 58.6 Å². The first-order chi connectivity index (χ1) is 9.78. The molecule has 4 nitrogen and oxygen atoms in total. The Kier molecular flexibility index (Phi) is 5.34. The third kappa shape index (κ3) is 4.53. The number of hydrogen-bond acceptors (Lipinski definition) is 4. The van der Waals surface area contributed by atoms with Gasteiger partial charge in [0, 0.05) is 17.4 Å². The van der Waals surface area contributed by atoms with Crippen molar-refractivity contribution in [2.75, 3.05) is 6.61 Å². The summed E-state index contributed by atoms with van der Waals surface area (Å²) < 4.78 is 5.64. The second-order valence-electron chi connectivity index (χ2n) is 4.06. The summed E-state index contributed by atoms with van der Waals surface area (Å²) in [5.74, 6) is 0.242. The first-order valence-electron chi connectivity index (χ1n) is 6.15. The van der Waals surface area contributed by atoms with Crippen molar-refractivity contribution in [1.82, 2.24) is 5.48 Å². The minimum atomic E-state index is -0.554. The lowest BCUT2D eigenvalue weighted by atomic mass is 10.2. The fraction of sp³-hybridized carbons (Fsp3) is 0.133. The lowest BCUT2D eigenvalue weighted by molar-refractivity contribution is -0.124. The second-order valence-corrected chi connectivity index (χ2v) is 5.09. The molecule has 2 aromatic rings. The van der Waals surface area contributed by atoms with E-state index in [0.29, 0.717) is 6.61 Å². The van der Waals surface area contributed by atoms with Crippen molar-refractivity contribution in [3.05, 3.63) is 58.3 Å². The number of benzene rings is 1. The number of hydrogen-bond donors (Lipinski definition) is 2. The molecule has 20 heavy (non-hydrogen) atoms. The molecule has 0 spiro atoms. The van der Waals surface area contributed by atoms with E-state index in [1.54, 1.807) is 17.4 Å². The van der Waals surface area contributed by atoms with E-state index in [4.69, 9.17) is 9.94 Å². The van der Waals surface area contributed by atoms with Crippen LogP contribution in [0.3, 0.4) is 0 Å². The molecule has 2 N–H and O–H groups in total. The monoisotopic (exact) mass is 289 g/mol. The van der Waals surface area contributed by atoms with Gasteiger partial charge in [-0.3, -0.25) is 10.0 Å². The van der Waals surface area contributed by atoms with Crippen molar-refractivity contribution >= 4 is 23.3 Å². The van der Waals surface area contributed by atoms with Crippen LogP contribution in [-0.4, -0.2) is 17.7 Å². The lowest BCUT2D eigenvalue weighted by Gasteiger charge is -2.05. The molecule has 0 bridgehead atoms. The zero-order chi connectivity index (χ0) is 14.2. The van der Waals surface area contributed by atoms with Crippen LogP contribution < -0.4 is 10.2 Å². The maximum atomic E-state index is 10.8. The average Bonchev–Trinajstić information content (AvgIpc) is 2.99. The molecule has 0 aliphatic rings. The normalized spacial score (nSPS) is 10.7. The number of thiophene rings is 1. The number of carbonyl (C=O) groups excluding carboxylic acids is 1. The summed E-state index contributed by atoms with van der Waals surface area (Å²) in [7, 11) is 0. The van der Waals surface area contributed by atoms with Gasteiger partial charge in [-0.2, -0.15) is 0 Å². The zero-order valence-electron chi connectivity index (χ0n) is 10.8. The van der Waals surface area contributed by atoms with Crippen LogP contribution in [-0.2, 0) is 11.2 Å². The van der Waals surface area contributed by atoms with Crippen molar-refractivity contribution in [2.45, 2.75) is 6.42 Å². The first-order valence-corrected chi connectivity index (χ1v) is 7.03. The third-order valence-electron chi connectivity index (χ3n) is 2.61. The van der Waals surface area contributed by atoms with E-state index in [-0.39, 0.29) is 0 Å². The fourth-order valence-corrected chi connectivity index (χ4v) is 2.30. The summed E-state index contributed by atoms with van der Waals surface area (Å²) in [6.07, 6.45) is 3.77. The summed E-state index contributed by atoms with van der Waals surface area (Å²) in [5.41, 5.74) is 2.40. The SMILES string of the molecule is O=C(/C=C/c1ccc(OCCc2cccs2)cc1)NO. The molecular formula is C15H15NO3S. The number of ether oxygens (including phenoxy) is 1. The molecule has 0 aliphatic heterocycles. The molecule has 0 atom stereocenters. The van der Waals surface area contributed by atoms with E-state index in [2.05, 4.69) is 11.4 Å². The van der Waals surface area contributed by atoms with Crippen LogP contribution in [0.2, 0.25) is 0 Å². The van der Waals surface area contributed by atoms with E-state index in [0.717, 1.165) is 17.7 Å². The largest absolute Gasteiger partial charge is 0.493 e. The highest BCUT2D eigenvalue weighted by molar-refractivity contribution is 7.09. The van der Waals surface area contributed by atoms with E-state index in [1.807, 2.05) is 30.3 Å². The Morgan fingerprint density at radius 3 is 2.75 bits per heavy atom. The van der Waals surface area contributed by atoms with E-state index in [9.17, 15) is 4.79 Å². The van der Waals surface area contributed by atoms with Crippen LogP contribution in [0.25, 0.3) is 6.08 Å². The second kappa shape index (κ2) is 7.47. The minimum Gasteiger partial charge on any atom is -0.493 e. The van der Waals surface area contributed by atoms with Gasteiger partial charge in [-0.15, -0.1) is 11.3 Å². The molecule has 0 unspecified atom stereocenters. The molecule has 0 saturated carbocycles. The van der Waals surface area contributed by atoms with Crippen LogP contribution >= 0.6 is 11.3 Å². The van der Waals surface area contributed by atoms with Crippen LogP contribution in [0.5, 0.6) is 5.75 Å². The van der Waals surface area contributed by atoms with Gasteiger partial charge < -0.3 is 4.74 Å². The predicted octanol–water partition coefficient (Wildman–Crippen LogP) is 2.89. The van der Waals surface area contributed by atoms with Crippen LogP contribution in [0, 0.1) is 0 Å². The Morgan fingerprint density at radius 2 is 2.10 bits per heavy atom. The van der Waals surface area contributed by atoms with Gasteiger partial charge in [0.2, 0.25) is 0 Å². The Balaban J connectivity index is 1.82. The van der Waals surface area contributed by atoms with E-state index < -0.39 is 5.91 Å². The molecule has 1 amide bonds. The van der Waals surface area contributed by atoms with Gasteiger partial charge >= 0.3 is 0 Å². The van der Waals surface area contributed by atoms with E-state index in [1.165, 1.54) is 16.4 Å². The van der Waals surface area contributed by atoms with Crippen LogP contribution in [0.1, 0.15) is 10.4 Å². The summed E-state index contributed by atoms with van der Waals surface area (Å²) in [5, 5.41) is 10.4. The zero-order valence-corrected chi connectivity index (χ0v) is 11.6. The van der Waals surface area contributed by atoms with Gasteiger partial charge in [0.25, 0.3) is 5.91 Å². The lowest BCUT2D eigenvalue weighted by Crippen LogP contribution is -2.14. The van der Waals surface area contributed by atoms with Gasteiger partial charge in [0.15, 0.2) is 0 Å². The summed E-state index contributed by atoms with van der Waals surface area (Å²) in [4.78, 5) is 12.1. The highest BCUT2D eigenvalue weighted by atomic mass is 32.1. The molecule has 0 aliphatic carbocycles. The number of hydroxylamine groups is 1. The maximum absolute atomic E-state index is 10.8. The maximum Gasteiger partial charge on any atom is 0.267 e. The molecule has 1 aromatic heterocycles. The smallest absolute Gasteiger partial charge is 0.267 e. The van der Waals surface area contributed by atoms with E-state index >= 15 is 0 Å². The van der Waals surface area contributed by atoms with Gasteiger partial charge in [-0.1, -0.05) is 18.2 Å². The van der Waals surface area contributed by atoms with Crippen molar-refractivity contribution in [3.8, 4) is 5.75 Å². The van der Waals surface area contributed by atoms with Gasteiger partial charge in [-0.05, 0) is 35.2 Å². The fourth-order valence-electron chi connectivity index (χ4n) is 1.61. The number of amides is 1. The molecule has 0 radical (unpaired) electrons. The van der Waals surface area contributed by atoms with Crippen molar-refractivity contribution < 1.29 is 14.7 Å². The molecule has 0 fully saturated rings. The summed E-state index contributed by atoms with van der Waals surface area (Å²) >= 11 is 1.72. The Morgan fingerprint density at radius 1 is 1.30 bits per heavy atom. The van der Waals surface area contributed by atoms with Crippen molar-refractivity contribution in [2.24, 2.45) is 0 Å². The minimum absolute atomic E-state index is 0.554. The standard InChI is InChI=1S/C15H15NO3S/c17-15(16-18)8-5-12-3-6-13(7-4-12)19-10-9-14-2-1-11-20-14/h1-8,11,18H,9-10H2,(H,16,17)/b8-5+. The predicted molar refractivity (Wildman–Crippen MR) is 78.9 cm³/mol. The molecule has 104 valence electrons. The first kappa shape index (κ1) is 14.3. The number of nitrogens with one attached hydrogen (secondary N) is 1. The molecule has 1 aromatic carbocycles. The van der Waals surface area contributed by atoms with Crippen LogP contribution in [0.4, 0.5) is 0 Å². The molecule has 5 heteroatoms.